The molecule has 1 aliphatic rings. The van der Waals surface area contributed by atoms with Crippen molar-refractivity contribution in [3.05, 3.63) is 0 Å². The molecule has 4 nitrogen and oxygen atoms in total. The number of ether oxygens (including phenoxy) is 2. The summed E-state index contributed by atoms with van der Waals surface area (Å²) in [6.07, 6.45) is 8.20. The van der Waals surface area contributed by atoms with Crippen LogP contribution in [0.4, 0.5) is 0 Å². The molecule has 0 aromatic heterocycles. The summed E-state index contributed by atoms with van der Waals surface area (Å²) in [6, 6.07) is 0. The zero-order valence-electron chi connectivity index (χ0n) is 14.6. The Balaban J connectivity index is 2.38. The third kappa shape index (κ3) is 7.39. The number of hydrogen-bond acceptors (Lipinski definition) is 4. The predicted octanol–water partition coefficient (Wildman–Crippen LogP) is 3.91. The van der Waals surface area contributed by atoms with E-state index in [9.17, 15) is 9.59 Å². The van der Waals surface area contributed by atoms with Crippen molar-refractivity contribution in [3.63, 3.8) is 0 Å². The first-order chi connectivity index (χ1) is 10.4. The molecule has 128 valence electrons. The summed E-state index contributed by atoms with van der Waals surface area (Å²) in [4.78, 5) is 22.6. The second-order valence-corrected chi connectivity index (χ2v) is 7.37. The molecule has 1 aliphatic carbocycles. The molecule has 0 radical (unpaired) electrons. The summed E-state index contributed by atoms with van der Waals surface area (Å²) in [6.45, 7) is 7.98. The van der Waals surface area contributed by atoms with Crippen LogP contribution in [0.3, 0.4) is 0 Å². The minimum absolute atomic E-state index is 0.00417. The molecule has 0 aliphatic heterocycles. The van der Waals surface area contributed by atoms with Gasteiger partial charge in [0, 0.05) is 0 Å². The molecule has 22 heavy (non-hydrogen) atoms. The van der Waals surface area contributed by atoms with E-state index < -0.39 is 5.60 Å². The Morgan fingerprint density at radius 1 is 1.32 bits per heavy atom. The maximum atomic E-state index is 12.2. The molecule has 1 rings (SSSR count). The van der Waals surface area contributed by atoms with E-state index in [2.05, 4.69) is 0 Å². The second kappa shape index (κ2) is 9.29. The molecule has 0 bridgehead atoms. The van der Waals surface area contributed by atoms with Crippen LogP contribution in [0, 0.1) is 11.8 Å². The average molecular weight is 312 g/mol. The van der Waals surface area contributed by atoms with Crippen LogP contribution in [-0.4, -0.2) is 30.6 Å². The molecule has 0 amide bonds. The van der Waals surface area contributed by atoms with Gasteiger partial charge >= 0.3 is 5.97 Å². The van der Waals surface area contributed by atoms with E-state index in [0.29, 0.717) is 5.92 Å². The van der Waals surface area contributed by atoms with Crippen LogP contribution in [0.1, 0.15) is 72.6 Å². The highest BCUT2D eigenvalue weighted by Crippen LogP contribution is 2.31. The fourth-order valence-corrected chi connectivity index (χ4v) is 3.14. The molecule has 0 N–H and O–H groups in total. The monoisotopic (exact) mass is 312 g/mol. The molecule has 0 aromatic carbocycles. The highest BCUT2D eigenvalue weighted by molar-refractivity contribution is 5.72. The van der Waals surface area contributed by atoms with Gasteiger partial charge in [0.15, 0.2) is 0 Å². The van der Waals surface area contributed by atoms with Gasteiger partial charge in [-0.1, -0.05) is 19.8 Å². The van der Waals surface area contributed by atoms with Crippen LogP contribution in [0.5, 0.6) is 0 Å². The smallest absolute Gasteiger partial charge is 0.309 e. The van der Waals surface area contributed by atoms with Gasteiger partial charge in [0.25, 0.3) is 0 Å². The van der Waals surface area contributed by atoms with Gasteiger partial charge in [0.2, 0.25) is 0 Å². The molecular formula is C18H32O4. The summed E-state index contributed by atoms with van der Waals surface area (Å²) < 4.78 is 11.1. The molecule has 0 aromatic rings. The van der Waals surface area contributed by atoms with Gasteiger partial charge in [-0.05, 0) is 58.8 Å². The topological polar surface area (TPSA) is 52.6 Å². The van der Waals surface area contributed by atoms with Crippen molar-refractivity contribution >= 4 is 12.3 Å². The van der Waals surface area contributed by atoms with Crippen molar-refractivity contribution in [2.75, 3.05) is 6.61 Å². The minimum Gasteiger partial charge on any atom is -0.460 e. The number of aldehydes is 1. The van der Waals surface area contributed by atoms with Gasteiger partial charge in [-0.2, -0.15) is 0 Å². The summed E-state index contributed by atoms with van der Waals surface area (Å²) >= 11 is 0. The molecule has 0 saturated heterocycles. The summed E-state index contributed by atoms with van der Waals surface area (Å²) in [5.74, 6) is 0.525. The predicted molar refractivity (Wildman–Crippen MR) is 86.6 cm³/mol. The Morgan fingerprint density at radius 2 is 2.05 bits per heavy atom. The fourth-order valence-electron chi connectivity index (χ4n) is 3.14. The summed E-state index contributed by atoms with van der Waals surface area (Å²) in [5.41, 5.74) is -0.414. The lowest BCUT2D eigenvalue weighted by Gasteiger charge is -2.30. The fraction of sp³-hybridized carbons (Fsp3) is 0.889. The van der Waals surface area contributed by atoms with Gasteiger partial charge < -0.3 is 14.3 Å². The van der Waals surface area contributed by atoms with Crippen LogP contribution in [0.15, 0.2) is 0 Å². The van der Waals surface area contributed by atoms with Crippen molar-refractivity contribution in [2.24, 2.45) is 11.8 Å². The molecule has 1 fully saturated rings. The normalized spacial score (nSPS) is 23.8. The standard InChI is InChI=1S/C18H32O4/c1-5-15(17(20)22-18(2,3)4)10-9-14-7-6-8-16(13-14)21-12-11-19/h11,14-16H,5-10,12-13H2,1-4H3. The van der Waals surface area contributed by atoms with Gasteiger partial charge in [-0.3, -0.25) is 4.79 Å². The third-order valence-corrected chi connectivity index (χ3v) is 4.29. The first-order valence-electron chi connectivity index (χ1n) is 8.63. The van der Waals surface area contributed by atoms with E-state index in [0.717, 1.165) is 44.8 Å². The lowest BCUT2D eigenvalue weighted by Crippen LogP contribution is -2.29. The third-order valence-electron chi connectivity index (χ3n) is 4.29. The Labute approximate surface area is 134 Å². The van der Waals surface area contributed by atoms with Gasteiger partial charge in [-0.15, -0.1) is 0 Å². The molecule has 3 atom stereocenters. The first-order valence-corrected chi connectivity index (χ1v) is 8.63. The van der Waals surface area contributed by atoms with Crippen LogP contribution in [0.2, 0.25) is 0 Å². The zero-order valence-corrected chi connectivity index (χ0v) is 14.6. The first kappa shape index (κ1) is 19.1. The van der Waals surface area contributed by atoms with E-state index in [4.69, 9.17) is 9.47 Å². The van der Waals surface area contributed by atoms with Crippen LogP contribution in [-0.2, 0) is 19.1 Å². The number of carbonyl (C=O) groups excluding carboxylic acids is 2. The number of esters is 1. The SMILES string of the molecule is CCC(CCC1CCCC(OCC=O)C1)C(=O)OC(C)(C)C. The van der Waals surface area contributed by atoms with E-state index in [1.165, 1.54) is 6.42 Å². The maximum Gasteiger partial charge on any atom is 0.309 e. The Hall–Kier alpha value is -0.900. The maximum absolute atomic E-state index is 12.2. The van der Waals surface area contributed by atoms with Crippen molar-refractivity contribution < 1.29 is 19.1 Å². The average Bonchev–Trinajstić information content (AvgIpc) is 2.44. The van der Waals surface area contributed by atoms with Gasteiger partial charge in [0.1, 0.15) is 18.5 Å². The molecular weight excluding hydrogens is 280 g/mol. The Kier molecular flexibility index (Phi) is 8.08. The van der Waals surface area contributed by atoms with Crippen LogP contribution >= 0.6 is 0 Å². The number of rotatable bonds is 8. The number of carbonyl (C=O) groups is 2. The summed E-state index contributed by atoms with van der Waals surface area (Å²) in [5, 5.41) is 0. The molecule has 3 unspecified atom stereocenters. The van der Waals surface area contributed by atoms with Crippen molar-refractivity contribution in [2.45, 2.75) is 84.3 Å². The highest BCUT2D eigenvalue weighted by atomic mass is 16.6. The molecule has 0 spiro atoms. The summed E-state index contributed by atoms with van der Waals surface area (Å²) in [7, 11) is 0. The quantitative estimate of drug-likeness (QED) is 0.504. The number of hydrogen-bond donors (Lipinski definition) is 0. The lowest BCUT2D eigenvalue weighted by molar-refractivity contribution is -0.160. The molecule has 1 saturated carbocycles. The van der Waals surface area contributed by atoms with E-state index in [1.807, 2.05) is 27.7 Å². The molecule has 0 heterocycles. The lowest BCUT2D eigenvalue weighted by atomic mass is 9.82. The largest absolute Gasteiger partial charge is 0.460 e. The van der Waals surface area contributed by atoms with Crippen molar-refractivity contribution in [3.8, 4) is 0 Å². The Bertz CT molecular complexity index is 345. The van der Waals surface area contributed by atoms with E-state index in [-0.39, 0.29) is 24.6 Å². The highest BCUT2D eigenvalue weighted by Gasteiger charge is 2.27. The van der Waals surface area contributed by atoms with Crippen LogP contribution in [0.25, 0.3) is 0 Å². The van der Waals surface area contributed by atoms with Gasteiger partial charge in [-0.25, -0.2) is 0 Å². The van der Waals surface area contributed by atoms with E-state index in [1.54, 1.807) is 0 Å². The Morgan fingerprint density at radius 3 is 2.64 bits per heavy atom. The molecule has 4 heteroatoms. The zero-order chi connectivity index (χ0) is 16.6. The van der Waals surface area contributed by atoms with Crippen molar-refractivity contribution in [1.29, 1.82) is 0 Å². The van der Waals surface area contributed by atoms with Crippen molar-refractivity contribution in [1.82, 2.24) is 0 Å². The van der Waals surface area contributed by atoms with Gasteiger partial charge in [0.05, 0.1) is 12.0 Å². The van der Waals surface area contributed by atoms with Crippen LogP contribution < -0.4 is 0 Å². The second-order valence-electron chi connectivity index (χ2n) is 7.37. The van der Waals surface area contributed by atoms with E-state index >= 15 is 0 Å². The minimum atomic E-state index is -0.414.